The number of benzene rings is 1. The monoisotopic (exact) mass is 327 g/mol. The lowest BCUT2D eigenvalue weighted by molar-refractivity contribution is -0.130. The molecule has 3 amide bonds. The van der Waals surface area contributed by atoms with E-state index in [0.29, 0.717) is 0 Å². The van der Waals surface area contributed by atoms with E-state index in [9.17, 15) is 9.59 Å². The summed E-state index contributed by atoms with van der Waals surface area (Å²) in [4.78, 5) is 30.9. The average molecular weight is 327 g/mol. The third-order valence-corrected chi connectivity index (χ3v) is 5.71. The lowest BCUT2D eigenvalue weighted by atomic mass is 10.0. The number of urea groups is 1. The first-order valence-corrected chi connectivity index (χ1v) is 9.14. The van der Waals surface area contributed by atoms with E-state index >= 15 is 0 Å². The largest absolute Gasteiger partial charge is 0.327 e. The number of imide groups is 1. The molecule has 0 aromatic heterocycles. The first-order chi connectivity index (χ1) is 11.7. The number of likely N-dealkylation sites (tertiary alicyclic amines) is 1. The van der Waals surface area contributed by atoms with Crippen molar-refractivity contribution in [1.29, 1.82) is 0 Å². The van der Waals surface area contributed by atoms with Crippen LogP contribution in [0.25, 0.3) is 0 Å². The summed E-state index contributed by atoms with van der Waals surface area (Å²) < 4.78 is 0. The minimum Gasteiger partial charge on any atom is -0.312 e. The fraction of sp³-hybridized carbons (Fsp3) is 0.579. The second kappa shape index (κ2) is 6.55. The van der Waals surface area contributed by atoms with Gasteiger partial charge in [0.25, 0.3) is 5.91 Å². The summed E-state index contributed by atoms with van der Waals surface area (Å²) in [7, 11) is 0. The molecule has 0 N–H and O–H groups in total. The van der Waals surface area contributed by atoms with E-state index in [0.717, 1.165) is 58.3 Å². The number of fused-ring (bicyclic) bond motifs is 1. The smallest absolute Gasteiger partial charge is 0.312 e. The van der Waals surface area contributed by atoms with Crippen molar-refractivity contribution < 1.29 is 9.59 Å². The van der Waals surface area contributed by atoms with Gasteiger partial charge in [-0.2, -0.15) is 0 Å². The topological polar surface area (TPSA) is 43.9 Å². The van der Waals surface area contributed by atoms with Crippen LogP contribution in [0.5, 0.6) is 0 Å². The molecule has 128 valence electrons. The van der Waals surface area contributed by atoms with E-state index in [-0.39, 0.29) is 24.0 Å². The molecule has 1 unspecified atom stereocenters. The number of hydrogen-bond acceptors (Lipinski definition) is 3. The first-order valence-electron chi connectivity index (χ1n) is 9.14. The number of carbonyl (C=O) groups is 2. The van der Waals surface area contributed by atoms with Crippen LogP contribution in [-0.2, 0) is 11.2 Å². The van der Waals surface area contributed by atoms with Gasteiger partial charge in [-0.3, -0.25) is 9.69 Å². The highest BCUT2D eigenvalue weighted by molar-refractivity contribution is 6.04. The van der Waals surface area contributed by atoms with Crippen LogP contribution in [0.4, 0.5) is 4.79 Å². The molecule has 3 saturated heterocycles. The SMILES string of the molecule is O=C1C2CCCN2C(=O)N1C1CCN(CCc2ccccc2)CC1. The molecule has 0 spiro atoms. The van der Waals surface area contributed by atoms with Crippen LogP contribution in [0.2, 0.25) is 0 Å². The molecule has 5 heteroatoms. The first kappa shape index (κ1) is 15.6. The van der Waals surface area contributed by atoms with Gasteiger partial charge < -0.3 is 9.80 Å². The highest BCUT2D eigenvalue weighted by Crippen LogP contribution is 2.31. The van der Waals surface area contributed by atoms with Gasteiger partial charge in [0.1, 0.15) is 6.04 Å². The van der Waals surface area contributed by atoms with Crippen LogP contribution in [-0.4, -0.2) is 64.9 Å². The number of hydrogen-bond donors (Lipinski definition) is 0. The van der Waals surface area contributed by atoms with Crippen LogP contribution in [0.1, 0.15) is 31.2 Å². The Morgan fingerprint density at radius 2 is 1.71 bits per heavy atom. The summed E-state index contributed by atoms with van der Waals surface area (Å²) in [6, 6.07) is 10.5. The van der Waals surface area contributed by atoms with Gasteiger partial charge in [0, 0.05) is 32.2 Å². The molecule has 1 aromatic rings. The minimum atomic E-state index is -0.159. The van der Waals surface area contributed by atoms with Crippen LogP contribution < -0.4 is 0 Å². The molecular weight excluding hydrogens is 302 g/mol. The Morgan fingerprint density at radius 3 is 2.42 bits per heavy atom. The van der Waals surface area contributed by atoms with Gasteiger partial charge in [0.15, 0.2) is 0 Å². The van der Waals surface area contributed by atoms with Crippen molar-refractivity contribution in [3.63, 3.8) is 0 Å². The number of carbonyl (C=O) groups excluding carboxylic acids is 2. The average Bonchev–Trinajstić information content (AvgIpc) is 3.19. The predicted molar refractivity (Wildman–Crippen MR) is 91.6 cm³/mol. The number of rotatable bonds is 4. The van der Waals surface area contributed by atoms with E-state index in [1.807, 2.05) is 6.07 Å². The Balaban J connectivity index is 1.30. The molecule has 1 aromatic carbocycles. The van der Waals surface area contributed by atoms with E-state index in [1.165, 1.54) is 5.56 Å². The molecule has 3 aliphatic heterocycles. The molecule has 5 nitrogen and oxygen atoms in total. The molecule has 24 heavy (non-hydrogen) atoms. The van der Waals surface area contributed by atoms with Crippen LogP contribution in [0, 0.1) is 0 Å². The van der Waals surface area contributed by atoms with Crippen molar-refractivity contribution in [2.24, 2.45) is 0 Å². The molecule has 3 fully saturated rings. The van der Waals surface area contributed by atoms with Crippen molar-refractivity contribution >= 4 is 11.9 Å². The van der Waals surface area contributed by atoms with Crippen molar-refractivity contribution in [2.45, 2.75) is 44.2 Å². The van der Waals surface area contributed by atoms with E-state index in [4.69, 9.17) is 0 Å². The van der Waals surface area contributed by atoms with E-state index in [1.54, 1.807) is 9.80 Å². The summed E-state index contributed by atoms with van der Waals surface area (Å²) in [5.41, 5.74) is 1.37. The summed E-state index contributed by atoms with van der Waals surface area (Å²) in [5, 5.41) is 0. The molecule has 1 atom stereocenters. The Labute approximate surface area is 143 Å². The van der Waals surface area contributed by atoms with E-state index < -0.39 is 0 Å². The van der Waals surface area contributed by atoms with Gasteiger partial charge in [-0.15, -0.1) is 0 Å². The highest BCUT2D eigenvalue weighted by Gasteiger charge is 2.49. The molecule has 0 bridgehead atoms. The zero-order chi connectivity index (χ0) is 16.5. The maximum absolute atomic E-state index is 12.5. The molecule has 4 rings (SSSR count). The van der Waals surface area contributed by atoms with Gasteiger partial charge in [0.2, 0.25) is 0 Å². The van der Waals surface area contributed by atoms with Crippen LogP contribution in [0.3, 0.4) is 0 Å². The summed E-state index contributed by atoms with van der Waals surface area (Å²) in [6.07, 6.45) is 4.69. The Kier molecular flexibility index (Phi) is 4.27. The second-order valence-electron chi connectivity index (χ2n) is 7.15. The maximum atomic E-state index is 12.5. The number of nitrogens with zero attached hydrogens (tertiary/aromatic N) is 3. The van der Waals surface area contributed by atoms with Gasteiger partial charge in [-0.05, 0) is 37.7 Å². The number of amides is 3. The van der Waals surface area contributed by atoms with Crippen LogP contribution in [0.15, 0.2) is 30.3 Å². The third-order valence-electron chi connectivity index (χ3n) is 5.71. The molecular formula is C19H25N3O2. The molecule has 3 heterocycles. The van der Waals surface area contributed by atoms with Gasteiger partial charge in [0.05, 0.1) is 0 Å². The Hall–Kier alpha value is -1.88. The second-order valence-corrected chi connectivity index (χ2v) is 7.15. The lowest BCUT2D eigenvalue weighted by Crippen LogP contribution is -2.48. The lowest BCUT2D eigenvalue weighted by Gasteiger charge is -2.35. The molecule has 0 aliphatic carbocycles. The third kappa shape index (κ3) is 2.81. The predicted octanol–water partition coefficient (Wildman–Crippen LogP) is 2.12. The summed E-state index contributed by atoms with van der Waals surface area (Å²) in [5.74, 6) is 0.0558. The maximum Gasteiger partial charge on any atom is 0.327 e. The van der Waals surface area contributed by atoms with Crippen LogP contribution >= 0.6 is 0 Å². The highest BCUT2D eigenvalue weighted by atomic mass is 16.2. The van der Waals surface area contributed by atoms with Gasteiger partial charge in [-0.1, -0.05) is 30.3 Å². The van der Waals surface area contributed by atoms with Gasteiger partial charge >= 0.3 is 6.03 Å². The minimum absolute atomic E-state index is 0.0368. The fourth-order valence-corrected chi connectivity index (χ4v) is 4.31. The van der Waals surface area contributed by atoms with Crippen molar-refractivity contribution in [3.05, 3.63) is 35.9 Å². The van der Waals surface area contributed by atoms with E-state index in [2.05, 4.69) is 29.2 Å². The van der Waals surface area contributed by atoms with Crippen molar-refractivity contribution in [3.8, 4) is 0 Å². The summed E-state index contributed by atoms with van der Waals surface area (Å²) in [6.45, 7) is 3.74. The quantitative estimate of drug-likeness (QED) is 0.796. The van der Waals surface area contributed by atoms with Gasteiger partial charge in [-0.25, -0.2) is 4.79 Å². The molecule has 3 aliphatic rings. The standard InChI is InChI=1S/C19H25N3O2/c23-18-17-7-4-11-21(17)19(24)22(18)16-9-13-20(14-10-16)12-8-15-5-2-1-3-6-15/h1-3,5-6,16-17H,4,7-14H2. The normalized spacial score (nSPS) is 25.6. The zero-order valence-corrected chi connectivity index (χ0v) is 14.1. The molecule has 0 radical (unpaired) electrons. The zero-order valence-electron chi connectivity index (χ0n) is 14.1. The fourth-order valence-electron chi connectivity index (χ4n) is 4.31. The van der Waals surface area contributed by atoms with Crippen molar-refractivity contribution in [1.82, 2.24) is 14.7 Å². The summed E-state index contributed by atoms with van der Waals surface area (Å²) >= 11 is 0. The molecule has 0 saturated carbocycles. The Bertz CT molecular complexity index is 588. The van der Waals surface area contributed by atoms with Crippen molar-refractivity contribution in [2.75, 3.05) is 26.2 Å². The Morgan fingerprint density at radius 1 is 0.958 bits per heavy atom. The number of piperidine rings is 1.